The third-order valence-electron chi connectivity index (χ3n) is 8.06. The summed E-state index contributed by atoms with van der Waals surface area (Å²) in [6.45, 7) is 3.94. The lowest BCUT2D eigenvalue weighted by Crippen LogP contribution is -2.44. The van der Waals surface area contributed by atoms with E-state index in [9.17, 15) is 24.9 Å². The minimum absolute atomic E-state index is 0.0159. The molecule has 8 heteroatoms. The van der Waals surface area contributed by atoms with Gasteiger partial charge in [0.1, 0.15) is 11.9 Å². The summed E-state index contributed by atoms with van der Waals surface area (Å²) in [5.41, 5.74) is 0.906. The fourth-order valence-corrected chi connectivity index (χ4v) is 6.02. The zero-order valence-corrected chi connectivity index (χ0v) is 23.1. The van der Waals surface area contributed by atoms with Crippen LogP contribution < -0.4 is 4.74 Å². The van der Waals surface area contributed by atoms with Crippen LogP contribution in [0.15, 0.2) is 66.3 Å². The molecule has 8 nitrogen and oxygen atoms in total. The lowest BCUT2D eigenvalue weighted by molar-refractivity contribution is -0.163. The Morgan fingerprint density at radius 1 is 1.07 bits per heavy atom. The smallest absolute Gasteiger partial charge is 0.347 e. The molecule has 0 saturated carbocycles. The van der Waals surface area contributed by atoms with E-state index in [1.807, 2.05) is 55.5 Å². The Labute approximate surface area is 234 Å². The predicted molar refractivity (Wildman–Crippen MR) is 151 cm³/mol. The quantitative estimate of drug-likeness (QED) is 0.285. The molecule has 0 fully saturated rings. The topological polar surface area (TPSA) is 134 Å². The highest BCUT2D eigenvalue weighted by atomic mass is 16.6. The van der Waals surface area contributed by atoms with Crippen molar-refractivity contribution in [1.82, 2.24) is 0 Å². The van der Waals surface area contributed by atoms with Crippen LogP contribution in [0.5, 0.6) is 5.75 Å². The average Bonchev–Trinajstić information content (AvgIpc) is 2.90. The van der Waals surface area contributed by atoms with Gasteiger partial charge in [-0.1, -0.05) is 62.4 Å². The highest BCUT2D eigenvalue weighted by molar-refractivity contribution is 5.84. The number of aliphatic hydroxyl groups is 3. The number of ether oxygens (including phenoxy) is 2. The summed E-state index contributed by atoms with van der Waals surface area (Å²) in [6, 6.07) is 13.6. The Hall–Kier alpha value is -3.20. The molecule has 216 valence electrons. The first kappa shape index (κ1) is 29.8. The molecule has 2 aromatic rings. The second kappa shape index (κ2) is 13.4. The van der Waals surface area contributed by atoms with Crippen molar-refractivity contribution >= 4 is 22.7 Å². The van der Waals surface area contributed by atoms with Crippen LogP contribution in [0.2, 0.25) is 0 Å². The predicted octanol–water partition coefficient (Wildman–Crippen LogP) is 4.41. The molecule has 0 saturated heterocycles. The number of carboxylic acid groups (broad SMARTS) is 1. The van der Waals surface area contributed by atoms with Crippen LogP contribution in [0.25, 0.3) is 10.8 Å². The minimum Gasteiger partial charge on any atom is -0.481 e. The van der Waals surface area contributed by atoms with Gasteiger partial charge in [-0.05, 0) is 66.0 Å². The Bertz CT molecular complexity index is 1240. The van der Waals surface area contributed by atoms with Gasteiger partial charge in [0.2, 0.25) is 0 Å². The lowest BCUT2D eigenvalue weighted by Gasteiger charge is -2.43. The minimum atomic E-state index is -1.11. The molecular formula is C32H40O8. The van der Waals surface area contributed by atoms with E-state index in [0.29, 0.717) is 25.0 Å². The molecule has 2 aromatic carbocycles. The van der Waals surface area contributed by atoms with E-state index >= 15 is 0 Å². The zero-order chi connectivity index (χ0) is 28.8. The normalized spacial score (nSPS) is 26.3. The SMILES string of the molecule is CC[C@H](Oc1ccc2ccccc2c1)C(=O)O[C@H]1C[C@H](O)C=C2C=C[C@@H](C)[C@H](CC[C@@H](O)C[C@@H](O)CC(=O)O)[C@H]21. The molecule has 8 atom stereocenters. The van der Waals surface area contributed by atoms with E-state index in [-0.39, 0.29) is 30.6 Å². The maximum atomic E-state index is 13.4. The molecule has 2 aliphatic rings. The van der Waals surface area contributed by atoms with Crippen molar-refractivity contribution in [3.05, 3.63) is 66.3 Å². The molecule has 0 amide bonds. The number of carbonyl (C=O) groups excluding carboxylic acids is 1. The molecule has 0 spiro atoms. The molecule has 0 aromatic heterocycles. The third kappa shape index (κ3) is 7.50. The number of rotatable bonds is 12. The van der Waals surface area contributed by atoms with Crippen LogP contribution in [0.4, 0.5) is 0 Å². The summed E-state index contributed by atoms with van der Waals surface area (Å²) < 4.78 is 12.1. The van der Waals surface area contributed by atoms with Gasteiger partial charge in [-0.3, -0.25) is 4.79 Å². The van der Waals surface area contributed by atoms with Gasteiger partial charge in [0.15, 0.2) is 6.10 Å². The number of aliphatic carboxylic acids is 1. The van der Waals surface area contributed by atoms with Gasteiger partial charge >= 0.3 is 11.9 Å². The molecule has 0 bridgehead atoms. The van der Waals surface area contributed by atoms with Crippen molar-refractivity contribution in [2.24, 2.45) is 17.8 Å². The first-order chi connectivity index (χ1) is 19.1. The van der Waals surface area contributed by atoms with Crippen molar-refractivity contribution in [2.75, 3.05) is 0 Å². The fourth-order valence-electron chi connectivity index (χ4n) is 6.02. The van der Waals surface area contributed by atoms with Crippen LogP contribution in [-0.2, 0) is 14.3 Å². The van der Waals surface area contributed by atoms with Gasteiger partial charge in [0.05, 0.1) is 24.7 Å². The van der Waals surface area contributed by atoms with Gasteiger partial charge in [-0.2, -0.15) is 0 Å². The summed E-state index contributed by atoms with van der Waals surface area (Å²) in [7, 11) is 0. The molecule has 40 heavy (non-hydrogen) atoms. The molecule has 0 unspecified atom stereocenters. The Balaban J connectivity index is 1.45. The third-order valence-corrected chi connectivity index (χ3v) is 8.06. The van der Waals surface area contributed by atoms with E-state index < -0.39 is 48.9 Å². The Morgan fingerprint density at radius 2 is 1.82 bits per heavy atom. The number of fused-ring (bicyclic) bond motifs is 2. The molecule has 0 aliphatic heterocycles. The van der Waals surface area contributed by atoms with Crippen molar-refractivity contribution < 1.29 is 39.5 Å². The van der Waals surface area contributed by atoms with E-state index in [1.165, 1.54) is 0 Å². The largest absolute Gasteiger partial charge is 0.481 e. The van der Waals surface area contributed by atoms with Crippen LogP contribution >= 0.6 is 0 Å². The van der Waals surface area contributed by atoms with E-state index in [2.05, 4.69) is 13.0 Å². The monoisotopic (exact) mass is 552 g/mol. The Morgan fingerprint density at radius 3 is 2.55 bits per heavy atom. The standard InChI is InChI=1S/C32H40O8/c1-3-28(39-26-12-10-20-6-4-5-7-21(20)15-26)32(38)40-29-17-24(34)14-22-9-8-19(2)27(31(22)29)13-11-23(33)16-25(35)18-30(36)37/h4-10,12,14-15,19,23-25,27-29,31,33-35H,3,11,13,16-18H2,1-2H3,(H,36,37)/t19-,23-,24-,25-,27+,28+,29+,31+/m1/s1. The number of carboxylic acids is 1. The van der Waals surface area contributed by atoms with E-state index in [1.54, 1.807) is 6.08 Å². The van der Waals surface area contributed by atoms with Crippen molar-refractivity contribution in [3.63, 3.8) is 0 Å². The number of hydrogen-bond donors (Lipinski definition) is 4. The summed E-state index contributed by atoms with van der Waals surface area (Å²) in [4.78, 5) is 24.2. The van der Waals surface area contributed by atoms with E-state index in [4.69, 9.17) is 14.6 Å². The van der Waals surface area contributed by atoms with Gasteiger partial charge < -0.3 is 29.9 Å². The maximum absolute atomic E-state index is 13.4. The van der Waals surface area contributed by atoms with Crippen molar-refractivity contribution in [1.29, 1.82) is 0 Å². The molecule has 4 N–H and O–H groups in total. The highest BCUT2D eigenvalue weighted by Gasteiger charge is 2.42. The number of benzene rings is 2. The number of allylic oxidation sites excluding steroid dienone is 2. The molecular weight excluding hydrogens is 512 g/mol. The van der Waals surface area contributed by atoms with Crippen LogP contribution in [0.3, 0.4) is 0 Å². The summed E-state index contributed by atoms with van der Waals surface area (Å²) in [5, 5.41) is 41.9. The molecule has 4 rings (SSSR count). The summed E-state index contributed by atoms with van der Waals surface area (Å²) >= 11 is 0. The number of esters is 1. The highest BCUT2D eigenvalue weighted by Crippen LogP contribution is 2.44. The van der Waals surface area contributed by atoms with Gasteiger partial charge in [0.25, 0.3) is 0 Å². The van der Waals surface area contributed by atoms with Gasteiger partial charge in [-0.25, -0.2) is 4.79 Å². The van der Waals surface area contributed by atoms with Crippen LogP contribution in [-0.4, -0.2) is 62.9 Å². The number of aliphatic hydroxyl groups excluding tert-OH is 3. The first-order valence-electron chi connectivity index (χ1n) is 14.2. The summed E-state index contributed by atoms with van der Waals surface area (Å²) in [6.07, 6.45) is 2.97. The average molecular weight is 553 g/mol. The molecule has 2 aliphatic carbocycles. The second-order valence-electron chi connectivity index (χ2n) is 11.1. The number of carbonyl (C=O) groups is 2. The van der Waals surface area contributed by atoms with E-state index in [0.717, 1.165) is 16.3 Å². The molecule has 0 radical (unpaired) electrons. The fraction of sp³-hybridized carbons (Fsp3) is 0.500. The maximum Gasteiger partial charge on any atom is 0.347 e. The zero-order valence-electron chi connectivity index (χ0n) is 23.1. The Kier molecular flexibility index (Phi) is 10.0. The summed E-state index contributed by atoms with van der Waals surface area (Å²) in [5.74, 6) is -1.02. The first-order valence-corrected chi connectivity index (χ1v) is 14.2. The van der Waals surface area contributed by atoms with Crippen molar-refractivity contribution in [2.45, 2.75) is 82.9 Å². The second-order valence-corrected chi connectivity index (χ2v) is 11.1. The lowest BCUT2D eigenvalue weighted by atomic mass is 9.66. The van der Waals surface area contributed by atoms with Gasteiger partial charge in [0, 0.05) is 12.3 Å². The van der Waals surface area contributed by atoms with Gasteiger partial charge in [-0.15, -0.1) is 0 Å². The van der Waals surface area contributed by atoms with Crippen LogP contribution in [0.1, 0.15) is 52.4 Å². The van der Waals surface area contributed by atoms with Crippen molar-refractivity contribution in [3.8, 4) is 5.75 Å². The molecule has 0 heterocycles. The number of hydrogen-bond acceptors (Lipinski definition) is 7. The van der Waals surface area contributed by atoms with Crippen LogP contribution in [0, 0.1) is 17.8 Å².